The van der Waals surface area contributed by atoms with Gasteiger partial charge in [0, 0.05) is 36.4 Å². The number of aromatic nitrogens is 2. The van der Waals surface area contributed by atoms with E-state index in [4.69, 9.17) is 14.1 Å². The zero-order chi connectivity index (χ0) is 21.4. The fourth-order valence-electron chi connectivity index (χ4n) is 4.39. The van der Waals surface area contributed by atoms with E-state index in [1.165, 1.54) is 0 Å². The minimum atomic E-state index is -0.449. The summed E-state index contributed by atoms with van der Waals surface area (Å²) < 4.78 is 26.6. The first-order valence-corrected chi connectivity index (χ1v) is 10.6. The zero-order valence-corrected chi connectivity index (χ0v) is 17.9. The molecule has 1 aliphatic heterocycles. The second kappa shape index (κ2) is 8.19. The lowest BCUT2D eigenvalue weighted by molar-refractivity contribution is 0.122. The highest BCUT2D eigenvalue weighted by Crippen LogP contribution is 2.35. The summed E-state index contributed by atoms with van der Waals surface area (Å²) >= 11 is 0. The summed E-state index contributed by atoms with van der Waals surface area (Å²) in [5.41, 5.74) is 8.11. The Balaban J connectivity index is 1.67. The van der Waals surface area contributed by atoms with E-state index in [1.54, 1.807) is 12.5 Å². The van der Waals surface area contributed by atoms with Crippen molar-refractivity contribution in [1.29, 1.82) is 0 Å². The van der Waals surface area contributed by atoms with Gasteiger partial charge in [-0.1, -0.05) is 18.2 Å². The van der Waals surface area contributed by atoms with Crippen LogP contribution in [-0.4, -0.2) is 35.9 Å². The Morgan fingerprint density at radius 2 is 1.87 bits per heavy atom. The molecule has 5 nitrogen and oxygen atoms in total. The van der Waals surface area contributed by atoms with Crippen molar-refractivity contribution >= 4 is 16.7 Å². The molecular formula is C25H26FN3O2. The van der Waals surface area contributed by atoms with Crippen LogP contribution < -0.4 is 4.90 Å². The van der Waals surface area contributed by atoms with Crippen LogP contribution in [0.15, 0.2) is 53.3 Å². The Hall–Kier alpha value is -3.12. The average Bonchev–Trinajstić information content (AvgIpc) is 3.44. The maximum Gasteiger partial charge on any atom is 0.115 e. The number of rotatable bonds is 5. The number of anilines is 1. The largest absolute Gasteiger partial charge is 0.472 e. The standard InChI is InChI=1S/C25H26FN3O2/c1-17-19(14-26)4-3-5-20(17)15-29-18(2)27-25-23(21-6-9-31-16-21)12-22(13-24(25)29)28-7-10-30-11-8-28/h3-6,9,12-13,16H,7-8,10-11,14-15H2,1-2H3. The molecule has 4 aromatic rings. The molecule has 0 N–H and O–H groups in total. The molecule has 31 heavy (non-hydrogen) atoms. The highest BCUT2D eigenvalue weighted by molar-refractivity contribution is 5.95. The van der Waals surface area contributed by atoms with Crippen molar-refractivity contribution in [2.24, 2.45) is 0 Å². The molecule has 1 saturated heterocycles. The van der Waals surface area contributed by atoms with Crippen LogP contribution in [0.25, 0.3) is 22.2 Å². The normalized spacial score (nSPS) is 14.5. The summed E-state index contributed by atoms with van der Waals surface area (Å²) in [5.74, 6) is 0.934. The minimum Gasteiger partial charge on any atom is -0.472 e. The summed E-state index contributed by atoms with van der Waals surface area (Å²) in [5, 5.41) is 0. The second-order valence-corrected chi connectivity index (χ2v) is 8.05. The Morgan fingerprint density at radius 1 is 1.06 bits per heavy atom. The van der Waals surface area contributed by atoms with Gasteiger partial charge in [-0.3, -0.25) is 0 Å². The van der Waals surface area contributed by atoms with Crippen LogP contribution in [0.1, 0.15) is 22.5 Å². The molecule has 0 aliphatic carbocycles. The average molecular weight is 420 g/mol. The summed E-state index contributed by atoms with van der Waals surface area (Å²) in [4.78, 5) is 7.28. The maximum absolute atomic E-state index is 13.4. The van der Waals surface area contributed by atoms with E-state index in [-0.39, 0.29) is 0 Å². The van der Waals surface area contributed by atoms with Gasteiger partial charge in [-0.25, -0.2) is 9.37 Å². The van der Waals surface area contributed by atoms with Gasteiger partial charge in [0.25, 0.3) is 0 Å². The zero-order valence-electron chi connectivity index (χ0n) is 17.9. The molecule has 5 rings (SSSR count). The van der Waals surface area contributed by atoms with E-state index in [9.17, 15) is 4.39 Å². The highest BCUT2D eigenvalue weighted by Gasteiger charge is 2.19. The number of halogens is 1. The molecule has 0 unspecified atom stereocenters. The third-order valence-electron chi connectivity index (χ3n) is 6.27. The summed E-state index contributed by atoms with van der Waals surface area (Å²) in [6.45, 7) is 7.41. The SMILES string of the molecule is Cc1c(CF)cccc1Cn1c(C)nc2c(-c3ccoc3)cc(N3CCOCC3)cc21. The number of furan rings is 1. The van der Waals surface area contributed by atoms with Crippen molar-refractivity contribution < 1.29 is 13.5 Å². The van der Waals surface area contributed by atoms with Crippen molar-refractivity contribution in [2.45, 2.75) is 27.1 Å². The predicted molar refractivity (Wildman–Crippen MR) is 120 cm³/mol. The lowest BCUT2D eigenvalue weighted by Crippen LogP contribution is -2.36. The van der Waals surface area contributed by atoms with Gasteiger partial charge in [0.05, 0.1) is 36.8 Å². The van der Waals surface area contributed by atoms with Crippen molar-refractivity contribution in [3.8, 4) is 11.1 Å². The van der Waals surface area contributed by atoms with Crippen LogP contribution in [0, 0.1) is 13.8 Å². The van der Waals surface area contributed by atoms with E-state index in [0.717, 1.165) is 76.7 Å². The molecule has 0 bridgehead atoms. The Kier molecular flexibility index (Phi) is 5.24. The number of nitrogens with zero attached hydrogens (tertiary/aromatic N) is 3. The Labute approximate surface area is 181 Å². The highest BCUT2D eigenvalue weighted by atomic mass is 19.1. The number of imidazole rings is 1. The second-order valence-electron chi connectivity index (χ2n) is 8.05. The summed E-state index contributed by atoms with van der Waals surface area (Å²) in [7, 11) is 0. The fourth-order valence-corrected chi connectivity index (χ4v) is 4.39. The van der Waals surface area contributed by atoms with Crippen LogP contribution >= 0.6 is 0 Å². The molecule has 6 heteroatoms. The molecule has 160 valence electrons. The van der Waals surface area contributed by atoms with Gasteiger partial charge in [-0.05, 0) is 48.7 Å². The molecule has 0 amide bonds. The monoisotopic (exact) mass is 419 g/mol. The number of aryl methyl sites for hydroxylation is 1. The molecule has 0 saturated carbocycles. The third-order valence-corrected chi connectivity index (χ3v) is 6.27. The third kappa shape index (κ3) is 3.61. The fraction of sp³-hybridized carbons (Fsp3) is 0.320. The lowest BCUT2D eigenvalue weighted by Gasteiger charge is -2.29. The van der Waals surface area contributed by atoms with E-state index in [2.05, 4.69) is 27.7 Å². The lowest BCUT2D eigenvalue weighted by atomic mass is 10.0. The van der Waals surface area contributed by atoms with E-state index in [0.29, 0.717) is 6.54 Å². The summed E-state index contributed by atoms with van der Waals surface area (Å²) in [6.07, 6.45) is 3.46. The van der Waals surface area contributed by atoms with E-state index in [1.807, 2.05) is 32.0 Å². The molecule has 2 aromatic carbocycles. The molecule has 0 radical (unpaired) electrons. The molecule has 0 spiro atoms. The Morgan fingerprint density at radius 3 is 2.61 bits per heavy atom. The van der Waals surface area contributed by atoms with Crippen molar-refractivity contribution in [3.63, 3.8) is 0 Å². The molecule has 1 fully saturated rings. The van der Waals surface area contributed by atoms with Crippen LogP contribution in [0.5, 0.6) is 0 Å². The van der Waals surface area contributed by atoms with E-state index >= 15 is 0 Å². The van der Waals surface area contributed by atoms with Gasteiger partial charge >= 0.3 is 0 Å². The van der Waals surface area contributed by atoms with Gasteiger partial charge in [-0.15, -0.1) is 0 Å². The smallest absolute Gasteiger partial charge is 0.115 e. The number of hydrogen-bond donors (Lipinski definition) is 0. The minimum absolute atomic E-state index is 0.449. The van der Waals surface area contributed by atoms with Crippen LogP contribution in [0.3, 0.4) is 0 Å². The number of morpholine rings is 1. The van der Waals surface area contributed by atoms with Crippen LogP contribution in [-0.2, 0) is 18.0 Å². The number of benzene rings is 2. The number of ether oxygens (including phenoxy) is 1. The molecule has 3 heterocycles. The number of alkyl halides is 1. The first-order valence-electron chi connectivity index (χ1n) is 10.6. The maximum atomic E-state index is 13.4. The molecule has 0 atom stereocenters. The van der Waals surface area contributed by atoms with Gasteiger partial charge in [0.2, 0.25) is 0 Å². The molecule has 1 aliphatic rings. The van der Waals surface area contributed by atoms with Crippen molar-refractivity contribution in [2.75, 3.05) is 31.2 Å². The van der Waals surface area contributed by atoms with Crippen LogP contribution in [0.2, 0.25) is 0 Å². The van der Waals surface area contributed by atoms with E-state index < -0.39 is 6.67 Å². The van der Waals surface area contributed by atoms with Crippen LogP contribution in [0.4, 0.5) is 10.1 Å². The molecular weight excluding hydrogens is 393 g/mol. The predicted octanol–water partition coefficient (Wildman–Crippen LogP) is 5.27. The number of fused-ring (bicyclic) bond motifs is 1. The van der Waals surface area contributed by atoms with Gasteiger partial charge in [-0.2, -0.15) is 0 Å². The first kappa shape index (κ1) is 19.8. The Bertz CT molecular complexity index is 1210. The van der Waals surface area contributed by atoms with Gasteiger partial charge < -0.3 is 18.6 Å². The number of hydrogen-bond acceptors (Lipinski definition) is 4. The van der Waals surface area contributed by atoms with Crippen molar-refractivity contribution in [3.05, 3.63) is 71.4 Å². The van der Waals surface area contributed by atoms with Crippen molar-refractivity contribution in [1.82, 2.24) is 9.55 Å². The topological polar surface area (TPSA) is 43.4 Å². The molecule has 2 aromatic heterocycles. The van der Waals surface area contributed by atoms with Gasteiger partial charge in [0.15, 0.2) is 0 Å². The van der Waals surface area contributed by atoms with Gasteiger partial charge in [0.1, 0.15) is 12.5 Å². The first-order chi connectivity index (χ1) is 15.2. The summed E-state index contributed by atoms with van der Waals surface area (Å²) in [6, 6.07) is 12.2. The quantitative estimate of drug-likeness (QED) is 0.442.